The molecular formula is C17H17N3O3S. The zero-order valence-corrected chi connectivity index (χ0v) is 14.1. The molecule has 0 saturated carbocycles. The molecule has 0 aromatic heterocycles. The van der Waals surface area contributed by atoms with Crippen LogP contribution in [0, 0.1) is 25.2 Å². The molecule has 0 aliphatic heterocycles. The van der Waals surface area contributed by atoms with E-state index in [9.17, 15) is 18.5 Å². The van der Waals surface area contributed by atoms with Gasteiger partial charge in [-0.3, -0.25) is 4.79 Å². The van der Waals surface area contributed by atoms with Crippen molar-refractivity contribution in [2.75, 3.05) is 0 Å². The van der Waals surface area contributed by atoms with Crippen LogP contribution in [0.4, 0.5) is 0 Å². The first kappa shape index (κ1) is 17.7. The van der Waals surface area contributed by atoms with Gasteiger partial charge in [0.15, 0.2) is 0 Å². The highest BCUT2D eigenvalue weighted by Crippen LogP contribution is 2.17. The third-order valence-electron chi connectivity index (χ3n) is 3.72. The van der Waals surface area contributed by atoms with Gasteiger partial charge in [-0.1, -0.05) is 18.2 Å². The van der Waals surface area contributed by atoms with Crippen molar-refractivity contribution in [2.24, 2.45) is 5.14 Å². The van der Waals surface area contributed by atoms with Crippen molar-refractivity contribution in [3.63, 3.8) is 0 Å². The molecule has 1 amide bonds. The molecule has 0 saturated heterocycles. The van der Waals surface area contributed by atoms with E-state index in [0.717, 1.165) is 11.1 Å². The predicted octanol–water partition coefficient (Wildman–Crippen LogP) is 1.95. The van der Waals surface area contributed by atoms with Crippen LogP contribution in [0.3, 0.4) is 0 Å². The largest absolute Gasteiger partial charge is 0.333 e. The first-order valence-electron chi connectivity index (χ1n) is 7.13. The molecule has 2 aromatic rings. The second-order valence-electron chi connectivity index (χ2n) is 5.45. The van der Waals surface area contributed by atoms with Crippen LogP contribution < -0.4 is 10.5 Å². The van der Waals surface area contributed by atoms with Crippen molar-refractivity contribution in [2.45, 2.75) is 24.8 Å². The fourth-order valence-corrected chi connectivity index (χ4v) is 2.65. The number of carbonyl (C=O) groups excluding carboxylic acids is 1. The molecule has 3 N–H and O–H groups in total. The minimum atomic E-state index is -3.80. The Balaban J connectivity index is 2.21. The van der Waals surface area contributed by atoms with Gasteiger partial charge in [-0.15, -0.1) is 0 Å². The van der Waals surface area contributed by atoms with E-state index in [0.29, 0.717) is 11.1 Å². The fraction of sp³-hybridized carbons (Fsp3) is 0.176. The van der Waals surface area contributed by atoms with Crippen LogP contribution >= 0.6 is 0 Å². The molecule has 0 radical (unpaired) electrons. The molecule has 0 heterocycles. The number of nitrogens with zero attached hydrogens (tertiary/aromatic N) is 1. The molecule has 0 fully saturated rings. The number of benzene rings is 2. The maximum Gasteiger partial charge on any atom is 0.252 e. The number of nitrogens with two attached hydrogens (primary N) is 1. The summed E-state index contributed by atoms with van der Waals surface area (Å²) in [4.78, 5) is 12.2. The highest BCUT2D eigenvalue weighted by Gasteiger charge is 2.16. The van der Waals surface area contributed by atoms with Gasteiger partial charge in [-0.2, -0.15) is 5.26 Å². The van der Waals surface area contributed by atoms with Gasteiger partial charge < -0.3 is 5.32 Å². The summed E-state index contributed by atoms with van der Waals surface area (Å²) < 4.78 is 22.5. The average molecular weight is 343 g/mol. The Morgan fingerprint density at radius 3 is 2.25 bits per heavy atom. The molecule has 0 aliphatic carbocycles. The van der Waals surface area contributed by atoms with Crippen molar-refractivity contribution in [1.29, 1.82) is 5.26 Å². The molecule has 7 heteroatoms. The summed E-state index contributed by atoms with van der Waals surface area (Å²) in [6.07, 6.45) is 0. The first-order valence-corrected chi connectivity index (χ1v) is 8.67. The Hall–Kier alpha value is -2.69. The summed E-state index contributed by atoms with van der Waals surface area (Å²) >= 11 is 0. The fourth-order valence-electron chi connectivity index (χ4n) is 2.14. The van der Waals surface area contributed by atoms with E-state index in [1.165, 1.54) is 24.3 Å². The lowest BCUT2D eigenvalue weighted by atomic mass is 10.0. The molecule has 1 atom stereocenters. The predicted molar refractivity (Wildman–Crippen MR) is 89.6 cm³/mol. The zero-order chi connectivity index (χ0) is 17.9. The number of primary sulfonamides is 1. The van der Waals surface area contributed by atoms with Gasteiger partial charge in [0.25, 0.3) is 5.91 Å². The minimum Gasteiger partial charge on any atom is -0.333 e. The van der Waals surface area contributed by atoms with Gasteiger partial charge >= 0.3 is 0 Å². The number of carbonyl (C=O) groups is 1. The highest BCUT2D eigenvalue weighted by atomic mass is 32.2. The maximum atomic E-state index is 12.3. The van der Waals surface area contributed by atoms with Gasteiger partial charge in [0, 0.05) is 5.56 Å². The number of sulfonamides is 1. The monoisotopic (exact) mass is 343 g/mol. The lowest BCUT2D eigenvalue weighted by Crippen LogP contribution is -2.27. The van der Waals surface area contributed by atoms with Crippen molar-refractivity contribution < 1.29 is 13.2 Å². The summed E-state index contributed by atoms with van der Waals surface area (Å²) in [5.41, 5.74) is 2.98. The molecule has 0 aliphatic rings. The molecule has 0 spiro atoms. The molecule has 0 bridgehead atoms. The third kappa shape index (κ3) is 3.98. The summed E-state index contributed by atoms with van der Waals surface area (Å²) in [6, 6.07) is 11.9. The summed E-state index contributed by atoms with van der Waals surface area (Å²) in [7, 11) is -3.80. The Kier molecular flexibility index (Phi) is 5.02. The Labute approximate surface area is 141 Å². The van der Waals surface area contributed by atoms with Crippen LogP contribution in [0.5, 0.6) is 0 Å². The standard InChI is InChI=1S/C17H17N3O3S/c1-11-3-4-14(9-12(11)2)17(21)20-16(10-18)13-5-7-15(8-6-13)24(19,22)23/h3-9,16H,1-2H3,(H,20,21)(H2,19,22,23). The van der Waals surface area contributed by atoms with E-state index in [2.05, 4.69) is 5.32 Å². The first-order chi connectivity index (χ1) is 11.2. The molecule has 2 rings (SSSR count). The van der Waals surface area contributed by atoms with Gasteiger partial charge in [0.1, 0.15) is 6.04 Å². The van der Waals surface area contributed by atoms with E-state index in [1.807, 2.05) is 26.0 Å². The minimum absolute atomic E-state index is 0.0524. The second-order valence-corrected chi connectivity index (χ2v) is 7.01. The van der Waals surface area contributed by atoms with Crippen LogP contribution in [-0.4, -0.2) is 14.3 Å². The van der Waals surface area contributed by atoms with Crippen molar-refractivity contribution in [1.82, 2.24) is 5.32 Å². The van der Waals surface area contributed by atoms with Crippen LogP contribution in [0.2, 0.25) is 0 Å². The average Bonchev–Trinajstić information content (AvgIpc) is 2.54. The quantitative estimate of drug-likeness (QED) is 0.883. The molecular weight excluding hydrogens is 326 g/mol. The van der Waals surface area contributed by atoms with E-state index < -0.39 is 16.1 Å². The topological polar surface area (TPSA) is 113 Å². The molecule has 6 nitrogen and oxygen atoms in total. The molecule has 124 valence electrons. The number of hydrogen-bond acceptors (Lipinski definition) is 4. The summed E-state index contributed by atoms with van der Waals surface area (Å²) in [5.74, 6) is -0.375. The van der Waals surface area contributed by atoms with Gasteiger partial charge in [0.2, 0.25) is 10.0 Å². The van der Waals surface area contributed by atoms with E-state index in [4.69, 9.17) is 5.14 Å². The number of hydrogen-bond donors (Lipinski definition) is 2. The van der Waals surface area contributed by atoms with E-state index >= 15 is 0 Å². The second kappa shape index (κ2) is 6.83. The summed E-state index contributed by atoms with van der Waals surface area (Å²) in [6.45, 7) is 3.85. The lowest BCUT2D eigenvalue weighted by molar-refractivity contribution is 0.0945. The molecule has 24 heavy (non-hydrogen) atoms. The molecule has 2 aromatic carbocycles. The number of aryl methyl sites for hydroxylation is 2. The Morgan fingerprint density at radius 1 is 1.12 bits per heavy atom. The number of nitriles is 1. The van der Waals surface area contributed by atoms with Crippen LogP contribution in [0.15, 0.2) is 47.4 Å². The van der Waals surface area contributed by atoms with Crippen molar-refractivity contribution in [3.8, 4) is 6.07 Å². The van der Waals surface area contributed by atoms with Gasteiger partial charge in [-0.05, 0) is 54.8 Å². The lowest BCUT2D eigenvalue weighted by Gasteiger charge is -2.13. The van der Waals surface area contributed by atoms with E-state index in [1.54, 1.807) is 12.1 Å². The van der Waals surface area contributed by atoms with Crippen LogP contribution in [0.25, 0.3) is 0 Å². The van der Waals surface area contributed by atoms with Crippen LogP contribution in [-0.2, 0) is 10.0 Å². The SMILES string of the molecule is Cc1ccc(C(=O)NC(C#N)c2ccc(S(N)(=O)=O)cc2)cc1C. The number of amides is 1. The van der Waals surface area contributed by atoms with Crippen molar-refractivity contribution >= 4 is 15.9 Å². The Bertz CT molecular complexity index is 913. The number of nitrogens with one attached hydrogen (secondary N) is 1. The Morgan fingerprint density at radius 2 is 1.75 bits per heavy atom. The number of rotatable bonds is 4. The third-order valence-corrected chi connectivity index (χ3v) is 4.64. The highest BCUT2D eigenvalue weighted by molar-refractivity contribution is 7.89. The molecule has 1 unspecified atom stereocenters. The van der Waals surface area contributed by atoms with Gasteiger partial charge in [0.05, 0.1) is 11.0 Å². The maximum absolute atomic E-state index is 12.3. The smallest absolute Gasteiger partial charge is 0.252 e. The van der Waals surface area contributed by atoms with E-state index in [-0.39, 0.29) is 10.8 Å². The normalized spacial score (nSPS) is 12.2. The van der Waals surface area contributed by atoms with Gasteiger partial charge in [-0.25, -0.2) is 13.6 Å². The van der Waals surface area contributed by atoms with Crippen molar-refractivity contribution in [3.05, 3.63) is 64.7 Å². The zero-order valence-electron chi connectivity index (χ0n) is 13.3. The van der Waals surface area contributed by atoms with Crippen LogP contribution in [0.1, 0.15) is 33.1 Å². The summed E-state index contributed by atoms with van der Waals surface area (Å²) in [5, 5.41) is 17.0.